The minimum Gasteiger partial charge on any atom is -0.507 e. The van der Waals surface area contributed by atoms with Gasteiger partial charge in [-0.05, 0) is 32.1 Å². The van der Waals surface area contributed by atoms with E-state index in [-0.39, 0.29) is 6.54 Å². The average Bonchev–Trinajstić information content (AvgIpc) is 2.51. The summed E-state index contributed by atoms with van der Waals surface area (Å²) in [6.07, 6.45) is 13.5. The van der Waals surface area contributed by atoms with Gasteiger partial charge < -0.3 is 10.2 Å². The minimum absolute atomic E-state index is 0.0758. The fourth-order valence-electron chi connectivity index (χ4n) is 3.18. The molecule has 0 saturated carbocycles. The summed E-state index contributed by atoms with van der Waals surface area (Å²) in [7, 11) is 0. The molecule has 142 valence electrons. The zero-order valence-electron chi connectivity index (χ0n) is 16.2. The number of hydrogen-bond acceptors (Lipinski definition) is 2. The zero-order chi connectivity index (χ0) is 18.3. The van der Waals surface area contributed by atoms with Crippen LogP contribution in [0.2, 0.25) is 0 Å². The fourth-order valence-corrected chi connectivity index (χ4v) is 3.18. The Morgan fingerprint density at radius 3 is 1.75 bits per heavy atom. The van der Waals surface area contributed by atoms with Gasteiger partial charge in [-0.25, -0.2) is 4.79 Å². The van der Waals surface area contributed by atoms with E-state index in [0.29, 0.717) is 16.7 Å². The van der Waals surface area contributed by atoms with Gasteiger partial charge in [0.2, 0.25) is 0 Å². The number of aliphatic hydroxyl groups is 1. The molecule has 0 heterocycles. The Hall–Kier alpha value is -1.03. The Morgan fingerprint density at radius 1 is 0.792 bits per heavy atom. The second-order valence-corrected chi connectivity index (χ2v) is 7.06. The Kier molecular flexibility index (Phi) is 13.7. The lowest BCUT2D eigenvalue weighted by Crippen LogP contribution is -2.48. The standard InChI is InChI=1S/C20H39NO3/c1-4-7-10-11-14-19(22)17-21(18-20(23)24,15-12-8-5-2)16-13-9-6-3/h17H,4-16,18H2,1-3H3,(H-,22,23,24)/p+1/b19-17-. The van der Waals surface area contributed by atoms with Crippen molar-refractivity contribution in [2.45, 2.75) is 91.4 Å². The van der Waals surface area contributed by atoms with Gasteiger partial charge in [-0.2, -0.15) is 0 Å². The van der Waals surface area contributed by atoms with Crippen LogP contribution in [0.4, 0.5) is 0 Å². The number of carboxylic acid groups (broad SMARTS) is 1. The van der Waals surface area contributed by atoms with Crippen molar-refractivity contribution in [2.24, 2.45) is 0 Å². The molecule has 0 bridgehead atoms. The molecule has 4 heteroatoms. The summed E-state index contributed by atoms with van der Waals surface area (Å²) in [5.41, 5.74) is 0. The number of rotatable bonds is 16. The molecular weight excluding hydrogens is 302 g/mol. The van der Waals surface area contributed by atoms with Gasteiger partial charge in [0, 0.05) is 6.42 Å². The highest BCUT2D eigenvalue weighted by Gasteiger charge is 2.29. The van der Waals surface area contributed by atoms with Crippen molar-refractivity contribution < 1.29 is 19.5 Å². The number of nitrogens with zero attached hydrogens (tertiary/aromatic N) is 1. The van der Waals surface area contributed by atoms with Crippen molar-refractivity contribution in [3.05, 3.63) is 12.0 Å². The molecule has 0 fully saturated rings. The number of carbonyl (C=O) groups is 1. The zero-order valence-corrected chi connectivity index (χ0v) is 16.2. The van der Waals surface area contributed by atoms with Crippen LogP contribution in [-0.4, -0.2) is 40.3 Å². The first-order valence-electron chi connectivity index (χ1n) is 9.98. The average molecular weight is 343 g/mol. The second kappa shape index (κ2) is 14.3. The van der Waals surface area contributed by atoms with Crippen molar-refractivity contribution in [2.75, 3.05) is 19.6 Å². The molecule has 24 heavy (non-hydrogen) atoms. The van der Waals surface area contributed by atoms with E-state index in [1.165, 1.54) is 12.8 Å². The molecule has 0 unspecified atom stereocenters. The number of quaternary nitrogens is 1. The van der Waals surface area contributed by atoms with E-state index in [0.717, 1.165) is 64.5 Å². The Morgan fingerprint density at radius 2 is 1.29 bits per heavy atom. The monoisotopic (exact) mass is 342 g/mol. The van der Waals surface area contributed by atoms with Crippen LogP contribution in [0, 0.1) is 0 Å². The third-order valence-electron chi connectivity index (χ3n) is 4.57. The van der Waals surface area contributed by atoms with Crippen LogP contribution in [0.3, 0.4) is 0 Å². The maximum absolute atomic E-state index is 11.4. The molecule has 0 radical (unpaired) electrons. The third kappa shape index (κ3) is 11.5. The summed E-state index contributed by atoms with van der Waals surface area (Å²) in [5.74, 6) is -0.404. The molecule has 4 nitrogen and oxygen atoms in total. The number of unbranched alkanes of at least 4 members (excludes halogenated alkanes) is 7. The molecule has 0 rings (SSSR count). The van der Waals surface area contributed by atoms with E-state index in [9.17, 15) is 15.0 Å². The first-order valence-corrected chi connectivity index (χ1v) is 9.98. The Labute approximate surface area is 149 Å². The van der Waals surface area contributed by atoms with E-state index >= 15 is 0 Å². The first-order chi connectivity index (χ1) is 11.5. The number of hydrogen-bond donors (Lipinski definition) is 2. The highest BCUT2D eigenvalue weighted by molar-refractivity contribution is 5.68. The molecule has 0 saturated heterocycles. The minimum atomic E-state index is -0.780. The normalized spacial score (nSPS) is 12.5. The van der Waals surface area contributed by atoms with Crippen molar-refractivity contribution in [3.8, 4) is 0 Å². The summed E-state index contributed by atoms with van der Waals surface area (Å²) < 4.78 is 0.398. The predicted octanol–water partition coefficient (Wildman–Crippen LogP) is 5.64. The molecule has 0 aliphatic heterocycles. The summed E-state index contributed by atoms with van der Waals surface area (Å²) >= 11 is 0. The number of carboxylic acids is 1. The number of allylic oxidation sites excluding steroid dienone is 1. The van der Waals surface area contributed by atoms with E-state index in [4.69, 9.17) is 0 Å². The van der Waals surface area contributed by atoms with Crippen LogP contribution < -0.4 is 0 Å². The largest absolute Gasteiger partial charge is 0.507 e. The van der Waals surface area contributed by atoms with Crippen LogP contribution >= 0.6 is 0 Å². The smallest absolute Gasteiger partial charge is 0.359 e. The molecule has 0 aromatic heterocycles. The van der Waals surface area contributed by atoms with Gasteiger partial charge in [0.1, 0.15) is 12.0 Å². The van der Waals surface area contributed by atoms with Crippen molar-refractivity contribution >= 4 is 5.97 Å². The maximum Gasteiger partial charge on any atom is 0.359 e. The van der Waals surface area contributed by atoms with Gasteiger partial charge >= 0.3 is 5.97 Å². The van der Waals surface area contributed by atoms with E-state index in [1.807, 2.05) is 6.20 Å². The van der Waals surface area contributed by atoms with Crippen molar-refractivity contribution in [1.29, 1.82) is 0 Å². The molecule has 0 amide bonds. The van der Waals surface area contributed by atoms with Crippen LogP contribution in [0.15, 0.2) is 12.0 Å². The van der Waals surface area contributed by atoms with E-state index in [2.05, 4.69) is 20.8 Å². The quantitative estimate of drug-likeness (QED) is 0.217. The molecule has 0 aliphatic rings. The van der Waals surface area contributed by atoms with Gasteiger partial charge in [0.05, 0.1) is 13.1 Å². The van der Waals surface area contributed by atoms with Gasteiger partial charge in [-0.3, -0.25) is 4.48 Å². The van der Waals surface area contributed by atoms with Gasteiger partial charge in [-0.15, -0.1) is 0 Å². The van der Waals surface area contributed by atoms with Crippen LogP contribution in [0.5, 0.6) is 0 Å². The SMILES string of the molecule is CCCCCC/C(O)=C/[N+](CCCCC)(CCCCC)CC(=O)O. The second-order valence-electron chi connectivity index (χ2n) is 7.06. The summed E-state index contributed by atoms with van der Waals surface area (Å²) in [6, 6.07) is 0. The number of aliphatic carboxylic acids is 1. The molecule has 0 aromatic carbocycles. The lowest BCUT2D eigenvalue weighted by Gasteiger charge is -2.34. The predicted molar refractivity (Wildman–Crippen MR) is 101 cm³/mol. The van der Waals surface area contributed by atoms with Crippen LogP contribution in [0.1, 0.15) is 91.4 Å². The lowest BCUT2D eigenvalue weighted by molar-refractivity contribution is -0.873. The van der Waals surface area contributed by atoms with Gasteiger partial charge in [0.25, 0.3) is 0 Å². The van der Waals surface area contributed by atoms with Crippen molar-refractivity contribution in [1.82, 2.24) is 0 Å². The van der Waals surface area contributed by atoms with Crippen LogP contribution in [0.25, 0.3) is 0 Å². The topological polar surface area (TPSA) is 57.5 Å². The third-order valence-corrected chi connectivity index (χ3v) is 4.57. The summed E-state index contributed by atoms with van der Waals surface area (Å²) in [6.45, 7) is 8.18. The molecule has 2 N–H and O–H groups in total. The molecule has 0 spiro atoms. The van der Waals surface area contributed by atoms with Crippen molar-refractivity contribution in [3.63, 3.8) is 0 Å². The highest BCUT2D eigenvalue weighted by atomic mass is 16.4. The molecular formula is C20H40NO3+. The first kappa shape index (κ1) is 23.0. The molecule has 0 aromatic rings. The summed E-state index contributed by atoms with van der Waals surface area (Å²) in [5, 5.41) is 19.8. The molecule has 0 aliphatic carbocycles. The Balaban J connectivity index is 5.00. The van der Waals surface area contributed by atoms with Gasteiger partial charge in [-0.1, -0.05) is 52.9 Å². The highest BCUT2D eigenvalue weighted by Crippen LogP contribution is 2.19. The molecule has 0 atom stereocenters. The Bertz CT molecular complexity index is 343. The number of aliphatic hydroxyl groups excluding tert-OH is 1. The fraction of sp³-hybridized carbons (Fsp3) is 0.850. The van der Waals surface area contributed by atoms with E-state index < -0.39 is 5.97 Å². The van der Waals surface area contributed by atoms with Gasteiger partial charge in [0.15, 0.2) is 6.54 Å². The van der Waals surface area contributed by atoms with Crippen LogP contribution in [-0.2, 0) is 4.79 Å². The van der Waals surface area contributed by atoms with E-state index in [1.54, 1.807) is 0 Å². The maximum atomic E-state index is 11.4. The summed E-state index contributed by atoms with van der Waals surface area (Å²) in [4.78, 5) is 11.4. The lowest BCUT2D eigenvalue weighted by atomic mass is 10.1.